The van der Waals surface area contributed by atoms with Gasteiger partial charge in [-0.05, 0) is 37.6 Å². The number of nitriles is 1. The van der Waals surface area contributed by atoms with Gasteiger partial charge in [0, 0.05) is 11.3 Å². The minimum absolute atomic E-state index is 0.0282. The van der Waals surface area contributed by atoms with E-state index in [1.54, 1.807) is 12.1 Å². The molecule has 0 saturated heterocycles. The Kier molecular flexibility index (Phi) is 5.54. The number of nitrogens with one attached hydrogen (secondary N) is 1. The minimum atomic E-state index is -0.437. The van der Waals surface area contributed by atoms with Crippen molar-refractivity contribution in [1.82, 2.24) is 0 Å². The zero-order valence-electron chi connectivity index (χ0n) is 13.2. The third-order valence-electron chi connectivity index (χ3n) is 3.28. The predicted octanol–water partition coefficient (Wildman–Crippen LogP) is 3.94. The Hall–Kier alpha value is -3.06. The molecule has 1 N–H and O–H groups in total. The van der Waals surface area contributed by atoms with Crippen LogP contribution in [0.25, 0.3) is 6.08 Å². The highest BCUT2D eigenvalue weighted by Gasteiger charge is 2.12. The van der Waals surface area contributed by atoms with Gasteiger partial charge in [0.1, 0.15) is 17.4 Å². The Morgan fingerprint density at radius 1 is 1.22 bits per heavy atom. The molecule has 23 heavy (non-hydrogen) atoms. The number of aryl methyl sites for hydroxylation is 1. The van der Waals surface area contributed by atoms with E-state index in [0.29, 0.717) is 23.6 Å². The van der Waals surface area contributed by atoms with Crippen LogP contribution >= 0.6 is 0 Å². The van der Waals surface area contributed by atoms with Crippen molar-refractivity contribution in [2.24, 2.45) is 0 Å². The van der Waals surface area contributed by atoms with Crippen molar-refractivity contribution in [2.75, 3.05) is 11.9 Å². The van der Waals surface area contributed by atoms with Crippen LogP contribution in [-0.4, -0.2) is 12.5 Å². The van der Waals surface area contributed by atoms with Gasteiger partial charge in [0.15, 0.2) is 0 Å². The van der Waals surface area contributed by atoms with E-state index in [-0.39, 0.29) is 5.57 Å². The molecule has 2 aromatic carbocycles. The Bertz CT molecular complexity index is 773. The zero-order valence-corrected chi connectivity index (χ0v) is 13.2. The fourth-order valence-electron chi connectivity index (χ4n) is 2.09. The van der Waals surface area contributed by atoms with Crippen LogP contribution < -0.4 is 10.1 Å². The predicted molar refractivity (Wildman–Crippen MR) is 91.0 cm³/mol. The van der Waals surface area contributed by atoms with E-state index in [0.717, 1.165) is 5.56 Å². The molecular formula is C19H18N2O2. The van der Waals surface area contributed by atoms with Crippen LogP contribution in [-0.2, 0) is 4.79 Å². The Balaban J connectivity index is 2.27. The van der Waals surface area contributed by atoms with Gasteiger partial charge in [-0.1, -0.05) is 36.4 Å². The molecule has 1 amide bonds. The summed E-state index contributed by atoms with van der Waals surface area (Å²) in [7, 11) is 0. The molecule has 0 aromatic heterocycles. The molecule has 0 bridgehead atoms. The number of carbonyl (C=O) groups excluding carboxylic acids is 1. The number of amides is 1. The molecule has 0 saturated carbocycles. The summed E-state index contributed by atoms with van der Waals surface area (Å²) >= 11 is 0. The van der Waals surface area contributed by atoms with Gasteiger partial charge in [0.2, 0.25) is 0 Å². The third-order valence-corrected chi connectivity index (χ3v) is 3.28. The third kappa shape index (κ3) is 4.21. The normalized spacial score (nSPS) is 10.7. The average molecular weight is 306 g/mol. The lowest BCUT2D eigenvalue weighted by Gasteiger charge is -2.09. The second kappa shape index (κ2) is 7.81. The van der Waals surface area contributed by atoms with Gasteiger partial charge in [-0.3, -0.25) is 4.79 Å². The van der Waals surface area contributed by atoms with Crippen molar-refractivity contribution in [2.45, 2.75) is 13.8 Å². The summed E-state index contributed by atoms with van der Waals surface area (Å²) in [6, 6.07) is 16.7. The zero-order chi connectivity index (χ0) is 16.7. The number of benzene rings is 2. The van der Waals surface area contributed by atoms with Crippen molar-refractivity contribution in [3.63, 3.8) is 0 Å². The van der Waals surface area contributed by atoms with E-state index in [2.05, 4.69) is 5.32 Å². The minimum Gasteiger partial charge on any atom is -0.493 e. The molecule has 0 aliphatic heterocycles. The average Bonchev–Trinajstić information content (AvgIpc) is 2.56. The topological polar surface area (TPSA) is 62.1 Å². The number of hydrogen-bond donors (Lipinski definition) is 1. The lowest BCUT2D eigenvalue weighted by atomic mass is 10.1. The molecule has 116 valence electrons. The molecule has 0 spiro atoms. The molecule has 0 fully saturated rings. The molecule has 2 rings (SSSR count). The lowest BCUT2D eigenvalue weighted by Crippen LogP contribution is -2.14. The number of carbonyl (C=O) groups is 1. The summed E-state index contributed by atoms with van der Waals surface area (Å²) in [6.45, 7) is 4.30. The molecule has 4 heteroatoms. The van der Waals surface area contributed by atoms with Gasteiger partial charge in [-0.2, -0.15) is 5.26 Å². The van der Waals surface area contributed by atoms with Crippen molar-refractivity contribution >= 4 is 17.7 Å². The highest BCUT2D eigenvalue weighted by Crippen LogP contribution is 2.22. The highest BCUT2D eigenvalue weighted by atomic mass is 16.5. The molecule has 0 radical (unpaired) electrons. The van der Waals surface area contributed by atoms with Crippen LogP contribution in [0.4, 0.5) is 5.69 Å². The summed E-state index contributed by atoms with van der Waals surface area (Å²) in [5.41, 5.74) is 2.36. The summed E-state index contributed by atoms with van der Waals surface area (Å²) < 4.78 is 5.51. The van der Waals surface area contributed by atoms with Gasteiger partial charge in [-0.15, -0.1) is 0 Å². The second-order valence-electron chi connectivity index (χ2n) is 4.91. The molecule has 0 heterocycles. The van der Waals surface area contributed by atoms with Crippen LogP contribution in [0.3, 0.4) is 0 Å². The maximum absolute atomic E-state index is 12.3. The quantitative estimate of drug-likeness (QED) is 0.672. The van der Waals surface area contributed by atoms with E-state index in [9.17, 15) is 10.1 Å². The summed E-state index contributed by atoms with van der Waals surface area (Å²) in [5.74, 6) is 0.208. The van der Waals surface area contributed by atoms with Crippen molar-refractivity contribution < 1.29 is 9.53 Å². The van der Waals surface area contributed by atoms with Crippen LogP contribution in [0.2, 0.25) is 0 Å². The smallest absolute Gasteiger partial charge is 0.266 e. The molecule has 0 atom stereocenters. The van der Waals surface area contributed by atoms with Crippen LogP contribution in [0.15, 0.2) is 54.1 Å². The molecule has 0 unspecified atom stereocenters. The summed E-state index contributed by atoms with van der Waals surface area (Å²) in [6.07, 6.45) is 1.54. The van der Waals surface area contributed by atoms with E-state index in [4.69, 9.17) is 4.74 Å². The highest BCUT2D eigenvalue weighted by molar-refractivity contribution is 6.10. The summed E-state index contributed by atoms with van der Waals surface area (Å²) in [4.78, 5) is 12.3. The van der Waals surface area contributed by atoms with E-state index in [1.165, 1.54) is 0 Å². The number of ether oxygens (including phenoxy) is 1. The SMILES string of the molecule is CCOc1ccccc1/C=C(\C#N)C(=O)Nc1ccccc1C. The Labute approximate surface area is 136 Å². The van der Waals surface area contributed by atoms with Gasteiger partial charge in [0.25, 0.3) is 5.91 Å². The molecule has 4 nitrogen and oxygen atoms in total. The van der Waals surface area contributed by atoms with E-state index < -0.39 is 5.91 Å². The monoisotopic (exact) mass is 306 g/mol. The van der Waals surface area contributed by atoms with Crippen LogP contribution in [0.5, 0.6) is 5.75 Å². The van der Waals surface area contributed by atoms with Gasteiger partial charge in [0.05, 0.1) is 6.61 Å². The number of anilines is 1. The largest absolute Gasteiger partial charge is 0.493 e. The number of para-hydroxylation sites is 2. The number of hydrogen-bond acceptors (Lipinski definition) is 3. The van der Waals surface area contributed by atoms with E-state index >= 15 is 0 Å². The van der Waals surface area contributed by atoms with E-state index in [1.807, 2.05) is 62.4 Å². The second-order valence-corrected chi connectivity index (χ2v) is 4.91. The first-order chi connectivity index (χ1) is 11.2. The van der Waals surface area contributed by atoms with Gasteiger partial charge >= 0.3 is 0 Å². The Morgan fingerprint density at radius 2 is 1.91 bits per heavy atom. The van der Waals surface area contributed by atoms with Crippen molar-refractivity contribution in [1.29, 1.82) is 5.26 Å². The van der Waals surface area contributed by atoms with Crippen LogP contribution in [0, 0.1) is 18.3 Å². The molecule has 0 aliphatic carbocycles. The fourth-order valence-corrected chi connectivity index (χ4v) is 2.09. The maximum atomic E-state index is 12.3. The first-order valence-electron chi connectivity index (χ1n) is 7.36. The Morgan fingerprint density at radius 3 is 2.61 bits per heavy atom. The number of nitrogens with zero attached hydrogens (tertiary/aromatic N) is 1. The standard InChI is InChI=1S/C19H18N2O2/c1-3-23-18-11-7-5-9-15(18)12-16(13-20)19(22)21-17-10-6-4-8-14(17)2/h4-12H,3H2,1-2H3,(H,21,22)/b16-12+. The fraction of sp³-hybridized carbons (Fsp3) is 0.158. The number of rotatable bonds is 5. The lowest BCUT2D eigenvalue weighted by molar-refractivity contribution is -0.112. The first kappa shape index (κ1) is 16.3. The van der Waals surface area contributed by atoms with Crippen molar-refractivity contribution in [3.8, 4) is 11.8 Å². The summed E-state index contributed by atoms with van der Waals surface area (Å²) in [5, 5.41) is 12.1. The van der Waals surface area contributed by atoms with Crippen molar-refractivity contribution in [3.05, 3.63) is 65.2 Å². The molecule has 2 aromatic rings. The molecular weight excluding hydrogens is 288 g/mol. The molecule has 0 aliphatic rings. The first-order valence-corrected chi connectivity index (χ1v) is 7.36. The van der Waals surface area contributed by atoms with Gasteiger partial charge < -0.3 is 10.1 Å². The van der Waals surface area contributed by atoms with Gasteiger partial charge in [-0.25, -0.2) is 0 Å². The van der Waals surface area contributed by atoms with Crippen LogP contribution in [0.1, 0.15) is 18.1 Å². The maximum Gasteiger partial charge on any atom is 0.266 e.